The minimum Gasteiger partial charge on any atom is -0.455 e. The van der Waals surface area contributed by atoms with Crippen LogP contribution in [0.4, 0.5) is 11.4 Å². The first-order chi connectivity index (χ1) is 34.7. The van der Waals surface area contributed by atoms with E-state index in [0.29, 0.717) is 11.4 Å². The zero-order valence-electron chi connectivity index (χ0n) is 37.7. The molecule has 1 aliphatic heterocycles. The molecule has 0 spiro atoms. The monoisotopic (exact) mass is 896 g/mol. The summed E-state index contributed by atoms with van der Waals surface area (Å²) in [6.45, 7) is 0. The number of benzene rings is 9. The Hall–Kier alpha value is -9.26. The number of fused-ring (bicyclic) bond motifs is 13. The van der Waals surface area contributed by atoms with Crippen molar-refractivity contribution in [3.63, 3.8) is 0 Å². The quantitative estimate of drug-likeness (QED) is 0.166. The van der Waals surface area contributed by atoms with E-state index in [4.69, 9.17) is 18.8 Å². The summed E-state index contributed by atoms with van der Waals surface area (Å²) < 4.78 is 16.4. The van der Waals surface area contributed by atoms with Crippen LogP contribution in [0.25, 0.3) is 116 Å². The van der Waals surface area contributed by atoms with Gasteiger partial charge in [0.15, 0.2) is 11.4 Å². The smallest absolute Gasteiger partial charge is 0.180 e. The van der Waals surface area contributed by atoms with Crippen LogP contribution in [0.5, 0.6) is 0 Å². The van der Waals surface area contributed by atoms with Crippen molar-refractivity contribution in [2.24, 2.45) is 0 Å². The molecule has 0 saturated carbocycles. The Morgan fingerprint density at radius 2 is 1.07 bits per heavy atom. The van der Waals surface area contributed by atoms with Crippen molar-refractivity contribution in [1.29, 1.82) is 0 Å². The van der Waals surface area contributed by atoms with E-state index in [1.54, 1.807) is 0 Å². The molecule has 6 heteroatoms. The molecule has 15 rings (SSSR count). The molecule has 0 bridgehead atoms. The molecule has 0 saturated heterocycles. The van der Waals surface area contributed by atoms with E-state index in [1.165, 1.54) is 16.9 Å². The molecule has 0 N–H and O–H groups in total. The van der Waals surface area contributed by atoms with Gasteiger partial charge in [0.25, 0.3) is 0 Å². The molecule has 2 atom stereocenters. The number of hydrogen-bond donors (Lipinski definition) is 0. The Morgan fingerprint density at radius 3 is 1.81 bits per heavy atom. The van der Waals surface area contributed by atoms with Crippen LogP contribution in [0.3, 0.4) is 0 Å². The summed E-state index contributed by atoms with van der Waals surface area (Å²) >= 11 is 0. The van der Waals surface area contributed by atoms with Gasteiger partial charge in [-0.05, 0) is 77.4 Å². The molecular formula is C64H40N4O2. The maximum Gasteiger partial charge on any atom is 0.180 e. The fourth-order valence-corrected chi connectivity index (χ4v) is 11.4. The van der Waals surface area contributed by atoms with Crippen LogP contribution >= 0.6 is 0 Å². The SMILES string of the molecule is C1=CC2c3cc4c(cc3N(c3ccccc3)C2C=C1)oc1c4ccc2c1c1ccccc1n2-c1c(-c2ccccc2)cc(-c2nc(-c3ccccc3)nc3c2oc2ccccc23)cc1-c1ccccc1. The number of furan rings is 2. The van der Waals surface area contributed by atoms with Crippen molar-refractivity contribution in [2.75, 3.05) is 4.90 Å². The Balaban J connectivity index is 1.02. The predicted molar refractivity (Wildman–Crippen MR) is 286 cm³/mol. The fourth-order valence-electron chi connectivity index (χ4n) is 11.4. The second kappa shape index (κ2) is 15.1. The molecule has 0 radical (unpaired) electrons. The number of allylic oxidation sites excluding steroid dienone is 2. The van der Waals surface area contributed by atoms with Crippen molar-refractivity contribution in [2.45, 2.75) is 12.0 Å². The summed E-state index contributed by atoms with van der Waals surface area (Å²) in [5.74, 6) is 0.870. The van der Waals surface area contributed by atoms with E-state index in [-0.39, 0.29) is 12.0 Å². The molecule has 0 fully saturated rings. The van der Waals surface area contributed by atoms with Crippen LogP contribution in [0.2, 0.25) is 0 Å². The third-order valence-corrected chi connectivity index (χ3v) is 14.5. The van der Waals surface area contributed by atoms with Gasteiger partial charge in [0.2, 0.25) is 0 Å². The van der Waals surface area contributed by atoms with E-state index >= 15 is 0 Å². The van der Waals surface area contributed by atoms with Gasteiger partial charge in [-0.25, -0.2) is 9.97 Å². The normalized spacial score (nSPS) is 15.3. The summed E-state index contributed by atoms with van der Waals surface area (Å²) in [7, 11) is 0. The number of para-hydroxylation sites is 3. The summed E-state index contributed by atoms with van der Waals surface area (Å²) in [4.78, 5) is 13.0. The molecule has 6 nitrogen and oxygen atoms in total. The number of hydrogen-bond acceptors (Lipinski definition) is 5. The van der Waals surface area contributed by atoms with E-state index in [0.717, 1.165) is 105 Å². The maximum atomic E-state index is 7.21. The van der Waals surface area contributed by atoms with Crippen molar-refractivity contribution in [3.8, 4) is 50.6 Å². The van der Waals surface area contributed by atoms with Crippen LogP contribution in [0, 0.1) is 0 Å². The number of aromatic nitrogens is 3. The minimum atomic E-state index is 0.193. The van der Waals surface area contributed by atoms with Gasteiger partial charge in [0.1, 0.15) is 28.0 Å². The van der Waals surface area contributed by atoms with Gasteiger partial charge >= 0.3 is 0 Å². The summed E-state index contributed by atoms with van der Waals surface area (Å²) in [6, 6.07) is 73.3. The Morgan fingerprint density at radius 1 is 0.443 bits per heavy atom. The van der Waals surface area contributed by atoms with E-state index in [1.807, 2.05) is 36.4 Å². The number of nitrogens with zero attached hydrogens (tertiary/aromatic N) is 4. The third-order valence-electron chi connectivity index (χ3n) is 14.5. The molecule has 1 aliphatic carbocycles. The van der Waals surface area contributed by atoms with Gasteiger partial charge in [0.05, 0.1) is 28.1 Å². The molecule has 2 aliphatic rings. The van der Waals surface area contributed by atoms with Crippen LogP contribution in [-0.4, -0.2) is 20.6 Å². The Bertz CT molecular complexity index is 4240. The van der Waals surface area contributed by atoms with Gasteiger partial charge in [-0.1, -0.05) is 164 Å². The van der Waals surface area contributed by atoms with Gasteiger partial charge < -0.3 is 18.3 Å². The average molecular weight is 897 g/mol. The fraction of sp³-hybridized carbons (Fsp3) is 0.0312. The topological polar surface area (TPSA) is 60.2 Å². The van der Waals surface area contributed by atoms with Crippen LogP contribution in [0.15, 0.2) is 239 Å². The van der Waals surface area contributed by atoms with Crippen LogP contribution < -0.4 is 4.90 Å². The molecule has 70 heavy (non-hydrogen) atoms. The minimum absolute atomic E-state index is 0.193. The number of anilines is 2. The first kappa shape index (κ1) is 38.8. The van der Waals surface area contributed by atoms with Gasteiger partial charge in [0, 0.05) is 67.2 Å². The molecule has 328 valence electrons. The zero-order valence-corrected chi connectivity index (χ0v) is 37.7. The summed E-state index contributed by atoms with van der Waals surface area (Å²) in [5.41, 5.74) is 17.7. The molecule has 5 heterocycles. The highest BCUT2D eigenvalue weighted by Crippen LogP contribution is 2.52. The molecule has 0 amide bonds. The van der Waals surface area contributed by atoms with Gasteiger partial charge in [-0.2, -0.15) is 0 Å². The molecule has 13 aromatic rings. The van der Waals surface area contributed by atoms with Crippen molar-refractivity contribution < 1.29 is 8.83 Å². The largest absolute Gasteiger partial charge is 0.455 e. The average Bonchev–Trinajstić information content (AvgIpc) is 4.18. The molecule has 2 unspecified atom stereocenters. The Labute approximate surface area is 402 Å². The number of rotatable bonds is 6. The molecule has 4 aromatic heterocycles. The molecule has 9 aromatic carbocycles. The maximum absolute atomic E-state index is 7.21. The van der Waals surface area contributed by atoms with Gasteiger partial charge in [-0.15, -0.1) is 0 Å². The first-order valence-corrected chi connectivity index (χ1v) is 23.9. The van der Waals surface area contributed by atoms with E-state index < -0.39 is 0 Å². The van der Waals surface area contributed by atoms with Gasteiger partial charge in [-0.3, -0.25) is 0 Å². The van der Waals surface area contributed by atoms with Crippen LogP contribution in [-0.2, 0) is 0 Å². The predicted octanol–water partition coefficient (Wildman–Crippen LogP) is 16.8. The summed E-state index contributed by atoms with van der Waals surface area (Å²) in [5, 5.41) is 5.38. The lowest BCUT2D eigenvalue weighted by Crippen LogP contribution is -2.28. The zero-order chi connectivity index (χ0) is 45.9. The lowest BCUT2D eigenvalue weighted by atomic mass is 9.90. The summed E-state index contributed by atoms with van der Waals surface area (Å²) in [6.07, 6.45) is 9.03. The standard InChI is InChI=1S/C64H40N4O2/c1-5-19-39(20-6-1)48-35-42(59-63-60(47-29-15-18-32-56(47)69-63)66-64(65-59)41-23-9-3-10-24-41)36-49(40-21-7-2-8-22-40)61(48)68-53-31-17-14-28-46(53)58-54(68)34-33-45-51-37-50-44-27-13-16-30-52(44)67(43-25-11-4-12-26-43)55(50)38-57(51)70-62(45)58/h1-38,44,52H. The Kier molecular flexibility index (Phi) is 8.38. The first-order valence-electron chi connectivity index (χ1n) is 23.9. The van der Waals surface area contributed by atoms with Crippen molar-refractivity contribution in [3.05, 3.63) is 236 Å². The lowest BCUT2D eigenvalue weighted by molar-refractivity contribution is 0.667. The van der Waals surface area contributed by atoms with Crippen molar-refractivity contribution in [1.82, 2.24) is 14.5 Å². The van der Waals surface area contributed by atoms with E-state index in [2.05, 4.69) is 204 Å². The second-order valence-electron chi connectivity index (χ2n) is 18.4. The lowest BCUT2D eigenvalue weighted by Gasteiger charge is -2.28. The van der Waals surface area contributed by atoms with Crippen molar-refractivity contribution >= 4 is 77.2 Å². The molecular weight excluding hydrogens is 857 g/mol. The van der Waals surface area contributed by atoms with Crippen LogP contribution in [0.1, 0.15) is 11.5 Å². The van der Waals surface area contributed by atoms with E-state index in [9.17, 15) is 0 Å². The highest BCUT2D eigenvalue weighted by molar-refractivity contribution is 6.24. The third kappa shape index (κ3) is 5.74. The highest BCUT2D eigenvalue weighted by atomic mass is 16.3. The second-order valence-corrected chi connectivity index (χ2v) is 18.4. The highest BCUT2D eigenvalue weighted by Gasteiger charge is 2.38.